The Kier molecular flexibility index (Phi) is 15.4. The monoisotopic (exact) mass is 1140 g/mol. The molecule has 6 aromatic rings. The molecule has 416 valence electrons. The first-order valence-electron chi connectivity index (χ1n) is 24.9. The number of carbonyl (C=O) groups excluding carboxylic acids is 2. The SMILES string of the molecule is CC1(C)OC[C@@H](COc2ccnc(NC(=O)N3c4nc(-c5cccc(C(F)(F)F)c5)c(Cl)cc4N4CC[C@H]3C4)c2)O1.O=C(Nc1cc(OC[C@@H](O)CO)ccn1)N1c2nc(-c3cccc(C(F)(F)F)c3)c(Cl)cc2N2CC[C@H]1C2. The van der Waals surface area contributed by atoms with E-state index in [4.69, 9.17) is 47.3 Å². The summed E-state index contributed by atoms with van der Waals surface area (Å²) >= 11 is 13.0. The molecule has 5 aliphatic rings. The summed E-state index contributed by atoms with van der Waals surface area (Å²) in [6.07, 6.45) is -6.04. The van der Waals surface area contributed by atoms with Crippen molar-refractivity contribution in [2.24, 2.45) is 0 Å². The van der Waals surface area contributed by atoms with Crippen molar-refractivity contribution in [2.45, 2.75) is 69.1 Å². The number of ether oxygens (including phenoxy) is 4. The third-order valence-corrected chi connectivity index (χ3v) is 14.1. The first kappa shape index (κ1) is 55.1. The van der Waals surface area contributed by atoms with Crippen LogP contribution in [0.15, 0.2) is 97.3 Å². The van der Waals surface area contributed by atoms with E-state index in [1.54, 1.807) is 24.3 Å². The maximum absolute atomic E-state index is 13.6. The number of fused-ring (bicyclic) bond motifs is 8. The van der Waals surface area contributed by atoms with Crippen LogP contribution in [0.25, 0.3) is 22.5 Å². The van der Waals surface area contributed by atoms with E-state index in [9.17, 15) is 41.0 Å². The van der Waals surface area contributed by atoms with Crippen molar-refractivity contribution >= 4 is 69.9 Å². The van der Waals surface area contributed by atoms with E-state index in [-0.39, 0.29) is 81.4 Å². The highest BCUT2D eigenvalue weighted by molar-refractivity contribution is 6.34. The van der Waals surface area contributed by atoms with Gasteiger partial charge in [-0.2, -0.15) is 26.3 Å². The summed E-state index contributed by atoms with van der Waals surface area (Å²) in [5.74, 6) is 1.21. The average molecular weight is 1140 g/mol. The fraction of sp³-hybridized carbons (Fsp3) is 0.358. The van der Waals surface area contributed by atoms with Gasteiger partial charge in [0, 0.05) is 61.8 Å². The van der Waals surface area contributed by atoms with Gasteiger partial charge in [0.25, 0.3) is 0 Å². The van der Waals surface area contributed by atoms with E-state index >= 15 is 0 Å². The summed E-state index contributed by atoms with van der Waals surface area (Å²) in [4.78, 5) is 51.9. The lowest BCUT2D eigenvalue weighted by molar-refractivity contribution is -0.141. The van der Waals surface area contributed by atoms with Gasteiger partial charge in [0.05, 0.1) is 69.2 Å². The number of rotatable bonds is 11. The van der Waals surface area contributed by atoms with E-state index in [0.29, 0.717) is 74.3 Å². The van der Waals surface area contributed by atoms with E-state index in [1.165, 1.54) is 58.6 Å². The number of hydrogen-bond donors (Lipinski definition) is 4. The van der Waals surface area contributed by atoms with Crippen LogP contribution in [-0.2, 0) is 21.8 Å². The van der Waals surface area contributed by atoms with Crippen molar-refractivity contribution in [3.05, 3.63) is 118 Å². The second-order valence-electron chi connectivity index (χ2n) is 19.5. The van der Waals surface area contributed by atoms with Gasteiger partial charge >= 0.3 is 24.4 Å². The first-order valence-corrected chi connectivity index (χ1v) is 25.6. The van der Waals surface area contributed by atoms with Crippen molar-refractivity contribution in [2.75, 3.05) is 82.8 Å². The van der Waals surface area contributed by atoms with Gasteiger partial charge in [-0.3, -0.25) is 20.4 Å². The standard InChI is InChI=1S/C28H27ClF3N5O4.C25H23ClF3N5O4/c1-27(2)40-15-20(41-27)14-39-19-6-8-33-23(11-19)34-26(38)37-18-7-9-36(13-18)22-12-21(29)24(35-25(22)37)16-4-3-5-17(10-16)28(30,31)32;26-19-10-20-23(32-22(19)14-2-1-3-15(8-14)25(27,28)29)34(16-5-7-33(20)11-16)24(37)31-21-9-18(4-6-30-21)38-13-17(36)12-35/h3-6,8,10-12,18,20H,7,9,13-15H2,1-2H3,(H,33,34,38);1-4,6,8-10,16-17,35-36H,5,7,11-13H2,(H,30,31,37)/t18-,20+;16-,17-/m00/s1. The highest BCUT2D eigenvalue weighted by Gasteiger charge is 2.43. The van der Waals surface area contributed by atoms with Crippen LogP contribution in [0.4, 0.5) is 70.6 Å². The fourth-order valence-corrected chi connectivity index (χ4v) is 10.3. The number of nitrogens with zero attached hydrogens (tertiary/aromatic N) is 8. The topological polar surface area (TPSA) is 200 Å². The number of aliphatic hydroxyl groups is 2. The number of halogens is 8. The number of aromatic nitrogens is 4. The molecule has 0 spiro atoms. The molecule has 18 nitrogen and oxygen atoms in total. The largest absolute Gasteiger partial charge is 0.491 e. The summed E-state index contributed by atoms with van der Waals surface area (Å²) in [7, 11) is 0. The molecule has 3 saturated heterocycles. The number of amides is 4. The van der Waals surface area contributed by atoms with Gasteiger partial charge < -0.3 is 39.0 Å². The van der Waals surface area contributed by atoms with Crippen LogP contribution in [0, 0.1) is 0 Å². The molecular formula is C53H50Cl2F6N10O8. The Hall–Kier alpha value is -7.22. The summed E-state index contributed by atoms with van der Waals surface area (Å²) in [6.45, 7) is 6.23. The summed E-state index contributed by atoms with van der Waals surface area (Å²) in [6, 6.07) is 17.7. The number of pyridine rings is 4. The molecule has 3 fully saturated rings. The number of anilines is 6. The Morgan fingerprint density at radius 2 is 1.22 bits per heavy atom. The van der Waals surface area contributed by atoms with Gasteiger partial charge in [0.15, 0.2) is 17.4 Å². The minimum absolute atomic E-state index is 0.132. The maximum Gasteiger partial charge on any atom is 0.416 e. The van der Waals surface area contributed by atoms with Crippen LogP contribution in [-0.4, -0.2) is 125 Å². The molecule has 2 aromatic carbocycles. The third kappa shape index (κ3) is 12.2. The predicted molar refractivity (Wildman–Crippen MR) is 281 cm³/mol. The molecule has 4 aromatic heterocycles. The number of alkyl halides is 6. The van der Waals surface area contributed by atoms with Crippen LogP contribution in [0.1, 0.15) is 37.8 Å². The molecule has 5 aliphatic heterocycles. The number of hydrogen-bond acceptors (Lipinski definition) is 14. The lowest BCUT2D eigenvalue weighted by Gasteiger charge is -2.36. The van der Waals surface area contributed by atoms with Gasteiger partial charge in [-0.05, 0) is 75.2 Å². The Morgan fingerprint density at radius 3 is 1.66 bits per heavy atom. The molecule has 0 aliphatic carbocycles. The molecule has 26 heteroatoms. The average Bonchev–Trinajstić information content (AvgIpc) is 4.33. The Bertz CT molecular complexity index is 3270. The smallest absolute Gasteiger partial charge is 0.416 e. The second kappa shape index (κ2) is 22.1. The lowest BCUT2D eigenvalue weighted by atomic mass is 10.1. The van der Waals surface area contributed by atoms with Gasteiger partial charge in [0.1, 0.15) is 48.6 Å². The number of benzene rings is 2. The second-order valence-corrected chi connectivity index (χ2v) is 20.3. The van der Waals surface area contributed by atoms with Gasteiger partial charge in [-0.15, -0.1) is 0 Å². The molecule has 0 unspecified atom stereocenters. The number of carbonyl (C=O) groups is 2. The van der Waals surface area contributed by atoms with Gasteiger partial charge in [-0.25, -0.2) is 29.5 Å². The zero-order chi connectivity index (χ0) is 56.0. The molecule has 9 heterocycles. The van der Waals surface area contributed by atoms with Crippen molar-refractivity contribution in [3.8, 4) is 34.0 Å². The summed E-state index contributed by atoms with van der Waals surface area (Å²) in [5, 5.41) is 24.4. The van der Waals surface area contributed by atoms with Crippen molar-refractivity contribution in [3.63, 3.8) is 0 Å². The molecule has 4 amide bonds. The summed E-state index contributed by atoms with van der Waals surface area (Å²) < 4.78 is 103. The van der Waals surface area contributed by atoms with Gasteiger partial charge in [0.2, 0.25) is 0 Å². The van der Waals surface area contributed by atoms with Crippen molar-refractivity contribution in [1.82, 2.24) is 19.9 Å². The zero-order valence-electron chi connectivity index (χ0n) is 42.1. The Balaban J connectivity index is 0.000000179. The maximum atomic E-state index is 13.6. The quantitative estimate of drug-likeness (QED) is 0.0893. The van der Waals surface area contributed by atoms with Crippen molar-refractivity contribution in [1.29, 1.82) is 0 Å². The number of nitrogens with one attached hydrogen (secondary N) is 2. The van der Waals surface area contributed by atoms with Crippen LogP contribution < -0.4 is 39.7 Å². The Labute approximate surface area is 457 Å². The molecule has 79 heavy (non-hydrogen) atoms. The van der Waals surface area contributed by atoms with Crippen molar-refractivity contribution < 1.29 is 65.1 Å². The van der Waals surface area contributed by atoms with E-state index < -0.39 is 54.0 Å². The van der Waals surface area contributed by atoms with E-state index in [1.807, 2.05) is 18.7 Å². The van der Waals surface area contributed by atoms with E-state index in [0.717, 1.165) is 24.3 Å². The predicted octanol–water partition coefficient (Wildman–Crippen LogP) is 10.2. The fourth-order valence-electron chi connectivity index (χ4n) is 9.82. The van der Waals surface area contributed by atoms with E-state index in [2.05, 4.69) is 35.5 Å². The molecule has 0 saturated carbocycles. The normalized spacial score (nSPS) is 19.3. The summed E-state index contributed by atoms with van der Waals surface area (Å²) in [5.41, 5.74) is 0.278. The number of aliphatic hydroxyl groups excluding tert-OH is 2. The first-order chi connectivity index (χ1) is 37.6. The van der Waals surface area contributed by atoms with Crippen LogP contribution in [0.2, 0.25) is 10.0 Å². The molecule has 4 bridgehead atoms. The molecule has 4 N–H and O–H groups in total. The highest BCUT2D eigenvalue weighted by Crippen LogP contribution is 2.46. The molecule has 11 rings (SSSR count). The van der Waals surface area contributed by atoms with Crippen LogP contribution >= 0.6 is 23.2 Å². The minimum Gasteiger partial charge on any atom is -0.491 e. The molecule has 4 atom stereocenters. The van der Waals surface area contributed by atoms with Gasteiger partial charge in [-0.1, -0.05) is 47.5 Å². The highest BCUT2D eigenvalue weighted by atomic mass is 35.5. The Morgan fingerprint density at radius 1 is 0.734 bits per heavy atom. The molecule has 0 radical (unpaired) electrons. The third-order valence-electron chi connectivity index (χ3n) is 13.5. The molecular weight excluding hydrogens is 1090 g/mol. The number of urea groups is 2. The van der Waals surface area contributed by atoms with Crippen LogP contribution in [0.5, 0.6) is 11.5 Å². The lowest BCUT2D eigenvalue weighted by Crippen LogP contribution is -2.48. The minimum atomic E-state index is -4.53. The zero-order valence-corrected chi connectivity index (χ0v) is 43.6. The van der Waals surface area contributed by atoms with Crippen LogP contribution in [0.3, 0.4) is 0 Å².